The molecule has 1 aliphatic rings. The number of rotatable bonds is 3. The number of carbonyl (C=O) groups is 1. The summed E-state index contributed by atoms with van der Waals surface area (Å²) in [5, 5.41) is 13.1. The summed E-state index contributed by atoms with van der Waals surface area (Å²) >= 11 is 3.06. The van der Waals surface area contributed by atoms with Crippen LogP contribution in [0.1, 0.15) is 43.0 Å². The maximum atomic E-state index is 13.8. The molecule has 1 aliphatic carbocycles. The van der Waals surface area contributed by atoms with Crippen molar-refractivity contribution in [2.24, 2.45) is 5.92 Å². The van der Waals surface area contributed by atoms with E-state index in [0.29, 0.717) is 18.8 Å². The highest BCUT2D eigenvalue weighted by Gasteiger charge is 2.33. The van der Waals surface area contributed by atoms with Gasteiger partial charge in [-0.2, -0.15) is 0 Å². The number of benzene rings is 1. The Morgan fingerprint density at radius 1 is 1.60 bits per heavy atom. The molecule has 1 amide bonds. The average molecular weight is 344 g/mol. The third-order valence-electron chi connectivity index (χ3n) is 3.84. The molecule has 1 saturated carbocycles. The zero-order valence-electron chi connectivity index (χ0n) is 11.5. The lowest BCUT2D eigenvalue weighted by Crippen LogP contribution is -2.45. The number of nitrogens with one attached hydrogen (secondary N) is 1. The van der Waals surface area contributed by atoms with Gasteiger partial charge in [-0.15, -0.1) is 0 Å². The van der Waals surface area contributed by atoms with Crippen molar-refractivity contribution >= 4 is 21.8 Å². The van der Waals surface area contributed by atoms with Crippen molar-refractivity contribution in [1.29, 1.82) is 0 Å². The molecular formula is C15H19BrFNO2. The molecular weight excluding hydrogens is 325 g/mol. The molecule has 0 saturated heterocycles. The molecule has 2 unspecified atom stereocenters. The van der Waals surface area contributed by atoms with Gasteiger partial charge in [-0.05, 0) is 46.8 Å². The van der Waals surface area contributed by atoms with E-state index in [-0.39, 0.29) is 16.6 Å². The minimum absolute atomic E-state index is 0.00756. The monoisotopic (exact) mass is 343 g/mol. The van der Waals surface area contributed by atoms with Crippen LogP contribution in [0, 0.1) is 11.7 Å². The predicted molar refractivity (Wildman–Crippen MR) is 79.0 cm³/mol. The van der Waals surface area contributed by atoms with Gasteiger partial charge in [-0.25, -0.2) is 4.39 Å². The van der Waals surface area contributed by atoms with Gasteiger partial charge in [0.2, 0.25) is 0 Å². The van der Waals surface area contributed by atoms with Crippen LogP contribution in [0.3, 0.4) is 0 Å². The SMILES string of the molecule is CC1CCCC(O)(CNC(=O)c2cccc(Br)c2F)C1. The quantitative estimate of drug-likeness (QED) is 0.884. The maximum absolute atomic E-state index is 13.8. The Morgan fingerprint density at radius 2 is 2.35 bits per heavy atom. The largest absolute Gasteiger partial charge is 0.388 e. The summed E-state index contributed by atoms with van der Waals surface area (Å²) < 4.78 is 14.1. The minimum Gasteiger partial charge on any atom is -0.388 e. The van der Waals surface area contributed by atoms with E-state index in [0.717, 1.165) is 12.8 Å². The maximum Gasteiger partial charge on any atom is 0.254 e. The highest BCUT2D eigenvalue weighted by Crippen LogP contribution is 2.31. The van der Waals surface area contributed by atoms with Crippen LogP contribution in [0.2, 0.25) is 0 Å². The zero-order valence-corrected chi connectivity index (χ0v) is 13.0. The Bertz CT molecular complexity index is 509. The van der Waals surface area contributed by atoms with Crippen LogP contribution in [0.15, 0.2) is 22.7 Å². The molecule has 0 aliphatic heterocycles. The number of halogens is 2. The van der Waals surface area contributed by atoms with Crippen molar-refractivity contribution in [3.63, 3.8) is 0 Å². The molecule has 1 aromatic carbocycles. The molecule has 0 radical (unpaired) electrons. The fourth-order valence-electron chi connectivity index (χ4n) is 2.81. The van der Waals surface area contributed by atoms with Crippen LogP contribution in [-0.2, 0) is 0 Å². The summed E-state index contributed by atoms with van der Waals surface area (Å²) in [6.45, 7) is 2.27. The van der Waals surface area contributed by atoms with E-state index in [1.165, 1.54) is 6.07 Å². The van der Waals surface area contributed by atoms with Crippen LogP contribution in [0.4, 0.5) is 4.39 Å². The van der Waals surface area contributed by atoms with Gasteiger partial charge in [0.05, 0.1) is 15.6 Å². The number of aliphatic hydroxyl groups is 1. The first-order chi connectivity index (χ1) is 9.41. The van der Waals surface area contributed by atoms with Crippen molar-refractivity contribution < 1.29 is 14.3 Å². The normalized spacial score (nSPS) is 26.3. The van der Waals surface area contributed by atoms with Crippen molar-refractivity contribution in [2.75, 3.05) is 6.54 Å². The van der Waals surface area contributed by atoms with Crippen molar-refractivity contribution in [2.45, 2.75) is 38.2 Å². The van der Waals surface area contributed by atoms with Gasteiger partial charge in [0.1, 0.15) is 5.82 Å². The van der Waals surface area contributed by atoms with E-state index in [2.05, 4.69) is 28.2 Å². The lowest BCUT2D eigenvalue weighted by Gasteiger charge is -2.35. The standard InChI is InChI=1S/C15H19BrFNO2/c1-10-4-3-7-15(20,8-10)9-18-14(19)11-5-2-6-12(16)13(11)17/h2,5-6,10,20H,3-4,7-9H2,1H3,(H,18,19). The molecule has 3 nitrogen and oxygen atoms in total. The van der Waals surface area contributed by atoms with Gasteiger partial charge in [0, 0.05) is 6.54 Å². The number of hydrogen-bond acceptors (Lipinski definition) is 2. The highest BCUT2D eigenvalue weighted by atomic mass is 79.9. The molecule has 0 bridgehead atoms. The molecule has 1 fully saturated rings. The second-order valence-corrected chi connectivity index (χ2v) is 6.56. The Labute approximate surface area is 126 Å². The number of hydrogen-bond donors (Lipinski definition) is 2. The van der Waals surface area contributed by atoms with E-state index in [1.54, 1.807) is 12.1 Å². The van der Waals surface area contributed by atoms with Gasteiger partial charge in [-0.3, -0.25) is 4.79 Å². The first-order valence-electron chi connectivity index (χ1n) is 6.86. The van der Waals surface area contributed by atoms with Gasteiger partial charge >= 0.3 is 0 Å². The second kappa shape index (κ2) is 6.22. The Balaban J connectivity index is 2.00. The fourth-order valence-corrected chi connectivity index (χ4v) is 3.18. The molecule has 2 atom stereocenters. The molecule has 0 spiro atoms. The Morgan fingerprint density at radius 3 is 3.05 bits per heavy atom. The summed E-state index contributed by atoms with van der Waals surface area (Å²) in [5.41, 5.74) is -0.873. The summed E-state index contributed by atoms with van der Waals surface area (Å²) in [6, 6.07) is 4.59. The second-order valence-electron chi connectivity index (χ2n) is 5.71. The first kappa shape index (κ1) is 15.4. The van der Waals surface area contributed by atoms with Crippen molar-refractivity contribution in [3.05, 3.63) is 34.1 Å². The van der Waals surface area contributed by atoms with Crippen LogP contribution in [0.5, 0.6) is 0 Å². The third kappa shape index (κ3) is 3.58. The molecule has 5 heteroatoms. The summed E-state index contributed by atoms with van der Waals surface area (Å²) in [5.74, 6) is -0.613. The topological polar surface area (TPSA) is 49.3 Å². The highest BCUT2D eigenvalue weighted by molar-refractivity contribution is 9.10. The lowest BCUT2D eigenvalue weighted by atomic mass is 9.79. The van der Waals surface area contributed by atoms with Crippen LogP contribution >= 0.6 is 15.9 Å². The third-order valence-corrected chi connectivity index (χ3v) is 4.45. The van der Waals surface area contributed by atoms with E-state index in [1.807, 2.05) is 0 Å². The molecule has 2 N–H and O–H groups in total. The Hall–Kier alpha value is -0.940. The molecule has 2 rings (SSSR count). The van der Waals surface area contributed by atoms with Gasteiger partial charge in [0.15, 0.2) is 0 Å². The summed E-state index contributed by atoms with van der Waals surface area (Å²) in [7, 11) is 0. The number of carbonyl (C=O) groups excluding carboxylic acids is 1. The molecule has 20 heavy (non-hydrogen) atoms. The first-order valence-corrected chi connectivity index (χ1v) is 7.65. The molecule has 1 aromatic rings. The zero-order chi connectivity index (χ0) is 14.8. The Kier molecular flexibility index (Phi) is 4.81. The molecule has 0 heterocycles. The minimum atomic E-state index is -0.865. The van der Waals surface area contributed by atoms with E-state index in [4.69, 9.17) is 0 Å². The predicted octanol–water partition coefficient (Wildman–Crippen LogP) is 3.26. The van der Waals surface area contributed by atoms with Crippen molar-refractivity contribution in [3.8, 4) is 0 Å². The van der Waals surface area contributed by atoms with E-state index in [9.17, 15) is 14.3 Å². The summed E-state index contributed by atoms with van der Waals surface area (Å²) in [6.07, 6.45) is 3.42. The van der Waals surface area contributed by atoms with Gasteiger partial charge < -0.3 is 10.4 Å². The van der Waals surface area contributed by atoms with Crippen molar-refractivity contribution in [1.82, 2.24) is 5.32 Å². The van der Waals surface area contributed by atoms with Crippen LogP contribution in [0.25, 0.3) is 0 Å². The number of amides is 1. The lowest BCUT2D eigenvalue weighted by molar-refractivity contribution is -0.0109. The smallest absolute Gasteiger partial charge is 0.254 e. The van der Waals surface area contributed by atoms with Crippen LogP contribution in [-0.4, -0.2) is 23.2 Å². The van der Waals surface area contributed by atoms with E-state index >= 15 is 0 Å². The van der Waals surface area contributed by atoms with Gasteiger partial charge in [0.25, 0.3) is 5.91 Å². The van der Waals surface area contributed by atoms with Gasteiger partial charge in [-0.1, -0.05) is 25.8 Å². The molecule has 110 valence electrons. The van der Waals surface area contributed by atoms with Crippen LogP contribution < -0.4 is 5.32 Å². The van der Waals surface area contributed by atoms with E-state index < -0.39 is 17.3 Å². The summed E-state index contributed by atoms with van der Waals surface area (Å²) in [4.78, 5) is 12.0. The average Bonchev–Trinajstić information content (AvgIpc) is 2.39. The molecule has 0 aromatic heterocycles. The fraction of sp³-hybridized carbons (Fsp3) is 0.533.